The van der Waals surface area contributed by atoms with E-state index in [9.17, 15) is 18.7 Å². The van der Waals surface area contributed by atoms with E-state index in [1.807, 2.05) is 6.92 Å². The third kappa shape index (κ3) is 2.85. The number of phenols is 1. The number of phenolic OH excluding ortho intramolecular Hbond substituents is 1. The van der Waals surface area contributed by atoms with Crippen LogP contribution in [0.4, 0.5) is 8.78 Å². The van der Waals surface area contributed by atoms with E-state index < -0.39 is 29.3 Å². The first-order valence-corrected chi connectivity index (χ1v) is 7.83. The highest BCUT2D eigenvalue weighted by Gasteiger charge is 2.54. The van der Waals surface area contributed by atoms with Crippen LogP contribution in [-0.2, 0) is 20.7 Å². The summed E-state index contributed by atoms with van der Waals surface area (Å²) in [6.07, 6.45) is 0.687. The highest BCUT2D eigenvalue weighted by atomic mass is 19.1. The van der Waals surface area contributed by atoms with Gasteiger partial charge in [-0.25, -0.2) is 8.78 Å². The van der Waals surface area contributed by atoms with E-state index in [1.54, 1.807) is 6.92 Å². The maximum atomic E-state index is 14.0. The maximum Gasteiger partial charge on any atom is 0.165 e. The van der Waals surface area contributed by atoms with Crippen LogP contribution in [-0.4, -0.2) is 28.9 Å². The number of ether oxygens (including phenoxy) is 2. The molecule has 0 spiro atoms. The van der Waals surface area contributed by atoms with E-state index >= 15 is 0 Å². The van der Waals surface area contributed by atoms with Crippen molar-refractivity contribution in [1.82, 2.24) is 0 Å². The van der Waals surface area contributed by atoms with Crippen LogP contribution >= 0.6 is 0 Å². The van der Waals surface area contributed by atoms with Gasteiger partial charge in [-0.05, 0) is 37.3 Å². The third-order valence-corrected chi connectivity index (χ3v) is 4.97. The van der Waals surface area contributed by atoms with Crippen LogP contribution in [0.15, 0.2) is 12.1 Å². The van der Waals surface area contributed by atoms with Crippen molar-refractivity contribution in [3.8, 4) is 5.75 Å². The summed E-state index contributed by atoms with van der Waals surface area (Å²) < 4.78 is 39.2. The van der Waals surface area contributed by atoms with Gasteiger partial charge in [0.25, 0.3) is 0 Å². The van der Waals surface area contributed by atoms with Crippen LogP contribution in [0.5, 0.6) is 5.75 Å². The van der Waals surface area contributed by atoms with Gasteiger partial charge in [0.2, 0.25) is 0 Å². The molecule has 2 fully saturated rings. The van der Waals surface area contributed by atoms with Gasteiger partial charge in [0, 0.05) is 18.9 Å². The van der Waals surface area contributed by atoms with Crippen LogP contribution in [0.25, 0.3) is 0 Å². The van der Waals surface area contributed by atoms with Crippen molar-refractivity contribution in [2.24, 2.45) is 5.92 Å². The van der Waals surface area contributed by atoms with E-state index in [-0.39, 0.29) is 29.8 Å². The lowest BCUT2D eigenvalue weighted by molar-refractivity contribution is -0.132. The number of aromatic hydroxyl groups is 1. The molecular formula is C17H20F2O4. The number of rotatable bonds is 3. The third-order valence-electron chi connectivity index (χ3n) is 4.97. The Morgan fingerprint density at radius 1 is 1.39 bits per heavy atom. The molecule has 0 bridgehead atoms. The highest BCUT2D eigenvalue weighted by molar-refractivity contribution is 5.80. The molecule has 0 amide bonds. The van der Waals surface area contributed by atoms with Gasteiger partial charge in [0.15, 0.2) is 17.9 Å². The quantitative estimate of drug-likeness (QED) is 0.927. The number of ketones is 1. The van der Waals surface area contributed by atoms with Crippen molar-refractivity contribution in [2.75, 3.05) is 0 Å². The SMILES string of the molecule is CC1O[C@@H]2CC(=O)CC[C@]2(C(C)Cc2cc(F)c(O)cc2F)O1. The Morgan fingerprint density at radius 2 is 2.13 bits per heavy atom. The summed E-state index contributed by atoms with van der Waals surface area (Å²) in [5.41, 5.74) is -0.477. The Morgan fingerprint density at radius 3 is 2.87 bits per heavy atom. The largest absolute Gasteiger partial charge is 0.505 e. The van der Waals surface area contributed by atoms with Crippen molar-refractivity contribution in [3.63, 3.8) is 0 Å². The molecule has 1 aromatic carbocycles. The minimum atomic E-state index is -0.849. The predicted octanol–water partition coefficient (Wildman–Crippen LogP) is 3.10. The van der Waals surface area contributed by atoms with Crippen molar-refractivity contribution in [1.29, 1.82) is 0 Å². The van der Waals surface area contributed by atoms with Crippen molar-refractivity contribution >= 4 is 5.78 Å². The minimum absolute atomic E-state index is 0.136. The first kappa shape index (κ1) is 16.3. The Bertz CT molecular complexity index is 633. The van der Waals surface area contributed by atoms with E-state index in [1.165, 1.54) is 0 Å². The molecule has 2 aliphatic rings. The molecule has 1 heterocycles. The van der Waals surface area contributed by atoms with Gasteiger partial charge in [0.1, 0.15) is 17.2 Å². The second-order valence-electron chi connectivity index (χ2n) is 6.51. The number of fused-ring (bicyclic) bond motifs is 1. The smallest absolute Gasteiger partial charge is 0.165 e. The Kier molecular flexibility index (Phi) is 4.14. The molecule has 23 heavy (non-hydrogen) atoms. The van der Waals surface area contributed by atoms with Crippen molar-refractivity contribution in [2.45, 2.75) is 57.5 Å². The van der Waals surface area contributed by atoms with Gasteiger partial charge in [-0.3, -0.25) is 4.79 Å². The molecular weight excluding hydrogens is 306 g/mol. The average molecular weight is 326 g/mol. The van der Waals surface area contributed by atoms with Crippen LogP contribution in [0.1, 0.15) is 38.7 Å². The lowest BCUT2D eigenvalue weighted by Gasteiger charge is -2.40. The van der Waals surface area contributed by atoms with Gasteiger partial charge in [-0.15, -0.1) is 0 Å². The van der Waals surface area contributed by atoms with Gasteiger partial charge in [0.05, 0.1) is 6.10 Å². The summed E-state index contributed by atoms with van der Waals surface area (Å²) in [7, 11) is 0. The topological polar surface area (TPSA) is 55.8 Å². The van der Waals surface area contributed by atoms with Gasteiger partial charge >= 0.3 is 0 Å². The van der Waals surface area contributed by atoms with Crippen molar-refractivity contribution in [3.05, 3.63) is 29.3 Å². The van der Waals surface area contributed by atoms with E-state index in [0.717, 1.165) is 12.1 Å². The molecule has 1 aliphatic heterocycles. The Balaban J connectivity index is 1.85. The number of carbonyl (C=O) groups excluding carboxylic acids is 1. The monoisotopic (exact) mass is 326 g/mol. The molecule has 1 saturated heterocycles. The summed E-state index contributed by atoms with van der Waals surface area (Å²) in [6.45, 7) is 3.67. The first-order chi connectivity index (χ1) is 10.8. The predicted molar refractivity (Wildman–Crippen MR) is 77.9 cm³/mol. The molecule has 1 N–H and O–H groups in total. The average Bonchev–Trinajstić information content (AvgIpc) is 2.81. The zero-order chi connectivity index (χ0) is 16.8. The summed E-state index contributed by atoms with van der Waals surface area (Å²) in [6, 6.07) is 1.80. The number of halogens is 2. The van der Waals surface area contributed by atoms with Crippen LogP contribution in [0.3, 0.4) is 0 Å². The number of benzene rings is 1. The first-order valence-electron chi connectivity index (χ1n) is 7.83. The molecule has 4 atom stereocenters. The van der Waals surface area contributed by atoms with E-state index in [4.69, 9.17) is 9.47 Å². The number of carbonyl (C=O) groups is 1. The molecule has 1 aromatic rings. The summed E-state index contributed by atoms with van der Waals surface area (Å²) in [5, 5.41) is 9.22. The molecule has 6 heteroatoms. The number of hydrogen-bond donors (Lipinski definition) is 1. The maximum absolute atomic E-state index is 14.0. The molecule has 126 valence electrons. The second kappa shape index (κ2) is 5.83. The van der Waals surface area contributed by atoms with E-state index in [2.05, 4.69) is 0 Å². The van der Waals surface area contributed by atoms with Crippen LogP contribution < -0.4 is 0 Å². The summed E-state index contributed by atoms with van der Waals surface area (Å²) in [4.78, 5) is 11.7. The molecule has 1 aliphatic carbocycles. The zero-order valence-corrected chi connectivity index (χ0v) is 13.1. The zero-order valence-electron chi connectivity index (χ0n) is 13.1. The summed E-state index contributed by atoms with van der Waals surface area (Å²) >= 11 is 0. The Hall–Kier alpha value is -1.53. The molecule has 2 unspecified atom stereocenters. The second-order valence-corrected chi connectivity index (χ2v) is 6.51. The van der Waals surface area contributed by atoms with Crippen LogP contribution in [0, 0.1) is 17.6 Å². The van der Waals surface area contributed by atoms with Gasteiger partial charge in [-0.2, -0.15) is 0 Å². The summed E-state index contributed by atoms with van der Waals surface area (Å²) in [5.74, 6) is -2.23. The fourth-order valence-electron chi connectivity index (χ4n) is 3.76. The lowest BCUT2D eigenvalue weighted by Crippen LogP contribution is -2.50. The standard InChI is InChI=1S/C17H20F2O4/c1-9(5-11-6-14(19)15(21)8-13(11)18)17-4-3-12(20)7-16(17)22-10(2)23-17/h6,8-10,16,21H,3-5,7H2,1-2H3/t9?,10?,16-,17-/m1/s1. The number of Topliss-reactive ketones (excluding diaryl/α,β-unsaturated/α-hetero) is 1. The molecule has 0 radical (unpaired) electrons. The van der Waals surface area contributed by atoms with E-state index in [0.29, 0.717) is 19.3 Å². The van der Waals surface area contributed by atoms with Crippen molar-refractivity contribution < 1.29 is 28.2 Å². The molecule has 0 aromatic heterocycles. The molecule has 1 saturated carbocycles. The highest BCUT2D eigenvalue weighted by Crippen LogP contribution is 2.45. The fourth-order valence-corrected chi connectivity index (χ4v) is 3.76. The Labute approximate surface area is 133 Å². The normalized spacial score (nSPS) is 31.9. The molecule has 4 nitrogen and oxygen atoms in total. The lowest BCUT2D eigenvalue weighted by atomic mass is 9.72. The van der Waals surface area contributed by atoms with Crippen LogP contribution in [0.2, 0.25) is 0 Å². The van der Waals surface area contributed by atoms with Gasteiger partial charge in [-0.1, -0.05) is 6.92 Å². The fraction of sp³-hybridized carbons (Fsp3) is 0.588. The minimum Gasteiger partial charge on any atom is -0.505 e. The number of hydrogen-bond acceptors (Lipinski definition) is 4. The van der Waals surface area contributed by atoms with Gasteiger partial charge < -0.3 is 14.6 Å². The molecule has 3 rings (SSSR count).